The van der Waals surface area contributed by atoms with Crippen LogP contribution < -0.4 is 0 Å². The lowest BCUT2D eigenvalue weighted by atomic mass is 10.0. The molecule has 0 unspecified atom stereocenters. The third-order valence-electron chi connectivity index (χ3n) is 1.78. The van der Waals surface area contributed by atoms with Crippen molar-refractivity contribution in [3.05, 3.63) is 12.3 Å². The predicted octanol–water partition coefficient (Wildman–Crippen LogP) is 1.84. The van der Waals surface area contributed by atoms with Gasteiger partial charge in [-0.05, 0) is 13.3 Å². The third-order valence-corrected chi connectivity index (χ3v) is 1.78. The van der Waals surface area contributed by atoms with Crippen molar-refractivity contribution in [2.24, 2.45) is 0 Å². The van der Waals surface area contributed by atoms with Crippen LogP contribution in [0.4, 0.5) is 4.79 Å². The molecular weight excluding hydrogens is 132 g/mol. The lowest BCUT2D eigenvalue weighted by Crippen LogP contribution is -2.23. The summed E-state index contributed by atoms with van der Waals surface area (Å²) in [5.74, 6) is 0.403. The highest BCUT2D eigenvalue weighted by Crippen LogP contribution is 2.31. The summed E-state index contributed by atoms with van der Waals surface area (Å²) in [6.07, 6.45) is 0.0479. The molecule has 3 heteroatoms. The largest absolute Gasteiger partial charge is 0.514 e. The van der Waals surface area contributed by atoms with E-state index in [0.29, 0.717) is 12.2 Å². The summed E-state index contributed by atoms with van der Waals surface area (Å²) in [6, 6.07) is 0. The summed E-state index contributed by atoms with van der Waals surface area (Å²) in [7, 11) is 0. The van der Waals surface area contributed by atoms with Crippen molar-refractivity contribution in [3.63, 3.8) is 0 Å². The predicted molar refractivity (Wildman–Crippen MR) is 35.4 cm³/mol. The molecule has 1 fully saturated rings. The average molecular weight is 142 g/mol. The van der Waals surface area contributed by atoms with Crippen molar-refractivity contribution < 1.29 is 14.3 Å². The maximum Gasteiger partial charge on any atom is 0.514 e. The fourth-order valence-electron chi connectivity index (χ4n) is 0.740. The lowest BCUT2D eigenvalue weighted by Gasteiger charge is -2.16. The molecule has 0 bridgehead atoms. The van der Waals surface area contributed by atoms with Crippen LogP contribution in [0.1, 0.15) is 20.3 Å². The number of rotatable bonds is 1. The molecule has 1 aliphatic heterocycles. The minimum absolute atomic E-state index is 0.403. The molecule has 0 spiro atoms. The standard InChI is InChI=1S/C7H10O3/c1-4-7(3)5(2)9-6(8)10-7/h2,4H2,1,3H3/t7-/m1/s1. The van der Waals surface area contributed by atoms with E-state index in [1.165, 1.54) is 0 Å². The molecule has 0 amide bonds. The van der Waals surface area contributed by atoms with Gasteiger partial charge in [0.05, 0.1) is 0 Å². The number of ether oxygens (including phenoxy) is 2. The van der Waals surface area contributed by atoms with E-state index in [9.17, 15) is 4.79 Å². The zero-order valence-electron chi connectivity index (χ0n) is 6.14. The van der Waals surface area contributed by atoms with Crippen molar-refractivity contribution in [1.82, 2.24) is 0 Å². The molecule has 1 aliphatic rings. The minimum Gasteiger partial charge on any atom is -0.419 e. The Morgan fingerprint density at radius 2 is 2.30 bits per heavy atom. The normalized spacial score (nSPS) is 31.8. The number of carbonyl (C=O) groups is 1. The molecular formula is C7H10O3. The van der Waals surface area contributed by atoms with Crippen LogP contribution in [0.3, 0.4) is 0 Å². The molecule has 3 nitrogen and oxygen atoms in total. The van der Waals surface area contributed by atoms with Crippen molar-refractivity contribution in [3.8, 4) is 0 Å². The van der Waals surface area contributed by atoms with Gasteiger partial charge in [0.25, 0.3) is 0 Å². The molecule has 56 valence electrons. The van der Waals surface area contributed by atoms with Crippen LogP contribution in [-0.4, -0.2) is 11.8 Å². The fraction of sp³-hybridized carbons (Fsp3) is 0.571. The molecule has 0 aromatic rings. The number of hydrogen-bond acceptors (Lipinski definition) is 3. The van der Waals surface area contributed by atoms with Gasteiger partial charge in [0.15, 0.2) is 5.60 Å². The minimum atomic E-state index is -0.644. The molecule has 1 rings (SSSR count). The molecule has 0 aromatic carbocycles. The van der Waals surface area contributed by atoms with Gasteiger partial charge in [0, 0.05) is 0 Å². The Hall–Kier alpha value is -0.990. The van der Waals surface area contributed by atoms with Crippen LogP contribution in [0.25, 0.3) is 0 Å². The van der Waals surface area contributed by atoms with Gasteiger partial charge < -0.3 is 9.47 Å². The van der Waals surface area contributed by atoms with Crippen LogP contribution in [0.5, 0.6) is 0 Å². The van der Waals surface area contributed by atoms with E-state index in [2.05, 4.69) is 11.3 Å². The zero-order valence-corrected chi connectivity index (χ0v) is 6.14. The van der Waals surface area contributed by atoms with Crippen molar-refractivity contribution >= 4 is 6.16 Å². The average Bonchev–Trinajstić information content (AvgIpc) is 2.09. The van der Waals surface area contributed by atoms with E-state index in [1.807, 2.05) is 6.92 Å². The van der Waals surface area contributed by atoms with Gasteiger partial charge in [-0.3, -0.25) is 0 Å². The molecule has 0 saturated carbocycles. The van der Waals surface area contributed by atoms with E-state index in [0.717, 1.165) is 0 Å². The van der Waals surface area contributed by atoms with Gasteiger partial charge in [-0.1, -0.05) is 13.5 Å². The van der Waals surface area contributed by atoms with Crippen molar-refractivity contribution in [2.75, 3.05) is 0 Å². The topological polar surface area (TPSA) is 35.5 Å². The summed E-state index contributed by atoms with van der Waals surface area (Å²) in [5, 5.41) is 0. The van der Waals surface area contributed by atoms with Crippen LogP contribution in [-0.2, 0) is 9.47 Å². The van der Waals surface area contributed by atoms with Gasteiger partial charge in [0.2, 0.25) is 0 Å². The summed E-state index contributed by atoms with van der Waals surface area (Å²) >= 11 is 0. The summed E-state index contributed by atoms with van der Waals surface area (Å²) in [6.45, 7) is 7.25. The highest BCUT2D eigenvalue weighted by atomic mass is 16.8. The SMILES string of the molecule is C=C1OC(=O)O[C@]1(C)CC. The Morgan fingerprint density at radius 3 is 2.50 bits per heavy atom. The molecule has 1 saturated heterocycles. The van der Waals surface area contributed by atoms with E-state index in [-0.39, 0.29) is 0 Å². The second-order valence-electron chi connectivity index (χ2n) is 2.46. The Bertz CT molecular complexity index is 185. The third kappa shape index (κ3) is 0.875. The van der Waals surface area contributed by atoms with Gasteiger partial charge in [-0.15, -0.1) is 0 Å². The summed E-state index contributed by atoms with van der Waals surface area (Å²) in [5.41, 5.74) is -0.600. The van der Waals surface area contributed by atoms with Gasteiger partial charge >= 0.3 is 6.16 Å². The monoisotopic (exact) mass is 142 g/mol. The maximum absolute atomic E-state index is 10.5. The number of carbonyl (C=O) groups excluding carboxylic acids is 1. The highest BCUT2D eigenvalue weighted by molar-refractivity contribution is 5.65. The van der Waals surface area contributed by atoms with Crippen LogP contribution >= 0.6 is 0 Å². The summed E-state index contributed by atoms with van der Waals surface area (Å²) < 4.78 is 9.46. The Balaban J connectivity index is 2.80. The summed E-state index contributed by atoms with van der Waals surface area (Å²) in [4.78, 5) is 10.5. The van der Waals surface area contributed by atoms with Gasteiger partial charge in [0.1, 0.15) is 5.76 Å². The molecule has 0 aliphatic carbocycles. The van der Waals surface area contributed by atoms with E-state index < -0.39 is 11.8 Å². The quantitative estimate of drug-likeness (QED) is 0.524. The van der Waals surface area contributed by atoms with Crippen LogP contribution in [0, 0.1) is 0 Å². The molecule has 10 heavy (non-hydrogen) atoms. The first kappa shape index (κ1) is 7.12. The fourth-order valence-corrected chi connectivity index (χ4v) is 0.740. The van der Waals surface area contributed by atoms with Gasteiger partial charge in [-0.2, -0.15) is 0 Å². The lowest BCUT2D eigenvalue weighted by molar-refractivity contribution is 0.0746. The molecule has 1 atom stereocenters. The van der Waals surface area contributed by atoms with E-state index in [1.54, 1.807) is 6.92 Å². The highest BCUT2D eigenvalue weighted by Gasteiger charge is 2.40. The van der Waals surface area contributed by atoms with Crippen LogP contribution in [0.15, 0.2) is 12.3 Å². The number of cyclic esters (lactones) is 2. The van der Waals surface area contributed by atoms with E-state index >= 15 is 0 Å². The van der Waals surface area contributed by atoms with E-state index in [4.69, 9.17) is 4.74 Å². The molecule has 0 aromatic heterocycles. The first-order valence-electron chi connectivity index (χ1n) is 3.18. The molecule has 0 N–H and O–H groups in total. The second-order valence-corrected chi connectivity index (χ2v) is 2.46. The second kappa shape index (κ2) is 2.01. The molecule has 0 radical (unpaired) electrons. The smallest absolute Gasteiger partial charge is 0.419 e. The first-order valence-corrected chi connectivity index (χ1v) is 3.18. The molecule has 1 heterocycles. The van der Waals surface area contributed by atoms with Crippen molar-refractivity contribution in [1.29, 1.82) is 0 Å². The number of hydrogen-bond donors (Lipinski definition) is 0. The maximum atomic E-state index is 10.5. The Labute approximate surface area is 59.6 Å². The van der Waals surface area contributed by atoms with Crippen LogP contribution in [0.2, 0.25) is 0 Å². The van der Waals surface area contributed by atoms with Gasteiger partial charge in [-0.25, -0.2) is 4.79 Å². The Kier molecular flexibility index (Phi) is 1.43. The van der Waals surface area contributed by atoms with Crippen molar-refractivity contribution in [2.45, 2.75) is 25.9 Å². The Morgan fingerprint density at radius 1 is 1.70 bits per heavy atom. The first-order chi connectivity index (χ1) is 4.58. The zero-order chi connectivity index (χ0) is 7.78.